The zero-order valence-electron chi connectivity index (χ0n) is 12.0. The van der Waals surface area contributed by atoms with Gasteiger partial charge in [-0.05, 0) is 0 Å². The van der Waals surface area contributed by atoms with Gasteiger partial charge < -0.3 is 50.3 Å². The third-order valence-electron chi connectivity index (χ3n) is 3.45. The van der Waals surface area contributed by atoms with Crippen LogP contribution in [0.2, 0.25) is 0 Å². The smallest absolute Gasteiger partial charge is 0.195 e. The Bertz CT molecular complexity index is 376. The van der Waals surface area contributed by atoms with Gasteiger partial charge in [-0.2, -0.15) is 0 Å². The van der Waals surface area contributed by atoms with E-state index in [9.17, 15) is 30.3 Å². The molecule has 1 aliphatic rings. The lowest BCUT2D eigenvalue weighted by Crippen LogP contribution is -2.61. The van der Waals surface area contributed by atoms with Gasteiger partial charge in [0.15, 0.2) is 12.1 Å². The van der Waals surface area contributed by atoms with Crippen molar-refractivity contribution in [3.63, 3.8) is 0 Å². The Balaban J connectivity index is 2.91. The van der Waals surface area contributed by atoms with E-state index in [1.165, 1.54) is 0 Å². The molecule has 1 rings (SSSR count). The van der Waals surface area contributed by atoms with Gasteiger partial charge in [0, 0.05) is 0 Å². The summed E-state index contributed by atoms with van der Waals surface area (Å²) in [6.45, 7) is -2.64. The van der Waals surface area contributed by atoms with Crippen molar-refractivity contribution in [3.05, 3.63) is 0 Å². The molecule has 136 valence electrons. The van der Waals surface area contributed by atoms with Crippen LogP contribution in [-0.4, -0.2) is 115 Å². The van der Waals surface area contributed by atoms with Gasteiger partial charge in [0.2, 0.25) is 0 Å². The molecule has 0 aliphatic carbocycles. The molecule has 1 heterocycles. The molecule has 1 saturated heterocycles. The number of carbonyl (C=O) groups excluding carboxylic acids is 1. The Labute approximate surface area is 130 Å². The van der Waals surface area contributed by atoms with Gasteiger partial charge in [-0.15, -0.1) is 0 Å². The number of carbonyl (C=O) groups is 1. The SMILES string of the molecule is O=C([C@@H](O)CO)[C@H](O[C@@H]1O[C@H](CO)[C@H](O)[C@H](O)[C@H]1O)[C@H](O)CO. The van der Waals surface area contributed by atoms with Crippen molar-refractivity contribution in [2.24, 2.45) is 0 Å². The van der Waals surface area contributed by atoms with Gasteiger partial charge in [0.1, 0.15) is 42.7 Å². The number of hydrogen-bond donors (Lipinski definition) is 8. The third-order valence-corrected chi connectivity index (χ3v) is 3.45. The van der Waals surface area contributed by atoms with Crippen LogP contribution in [0.1, 0.15) is 0 Å². The molecule has 1 aliphatic heterocycles. The maximum Gasteiger partial charge on any atom is 0.195 e. The molecule has 0 aromatic carbocycles. The van der Waals surface area contributed by atoms with Crippen molar-refractivity contribution >= 4 is 5.78 Å². The summed E-state index contributed by atoms with van der Waals surface area (Å²) in [7, 11) is 0. The fourth-order valence-electron chi connectivity index (χ4n) is 2.05. The van der Waals surface area contributed by atoms with Crippen molar-refractivity contribution in [1.82, 2.24) is 0 Å². The molecule has 0 bridgehead atoms. The number of rotatable bonds is 8. The summed E-state index contributed by atoms with van der Waals surface area (Å²) in [6.07, 6.45) is -13.9. The molecule has 0 radical (unpaired) electrons. The lowest BCUT2D eigenvalue weighted by atomic mass is 9.99. The van der Waals surface area contributed by atoms with Gasteiger partial charge in [-0.25, -0.2) is 0 Å². The van der Waals surface area contributed by atoms with Gasteiger partial charge in [-0.1, -0.05) is 0 Å². The van der Waals surface area contributed by atoms with Crippen molar-refractivity contribution in [1.29, 1.82) is 0 Å². The zero-order valence-corrected chi connectivity index (χ0v) is 12.0. The molecule has 0 amide bonds. The summed E-state index contributed by atoms with van der Waals surface area (Å²) in [6, 6.07) is 0. The number of ketones is 1. The number of ether oxygens (including phenoxy) is 2. The second-order valence-electron chi connectivity index (χ2n) is 5.10. The van der Waals surface area contributed by atoms with Crippen LogP contribution in [0.25, 0.3) is 0 Å². The minimum atomic E-state index is -1.91. The molecule has 1 fully saturated rings. The Kier molecular flexibility index (Phi) is 7.89. The molecule has 11 nitrogen and oxygen atoms in total. The van der Waals surface area contributed by atoms with Gasteiger partial charge >= 0.3 is 0 Å². The first-order valence-electron chi connectivity index (χ1n) is 6.86. The van der Waals surface area contributed by atoms with E-state index < -0.39 is 74.6 Å². The van der Waals surface area contributed by atoms with E-state index in [-0.39, 0.29) is 0 Å². The highest BCUT2D eigenvalue weighted by atomic mass is 16.7. The second kappa shape index (κ2) is 8.94. The summed E-state index contributed by atoms with van der Waals surface area (Å²) in [5, 5.41) is 74.7. The topological polar surface area (TPSA) is 197 Å². The van der Waals surface area contributed by atoms with Crippen LogP contribution in [0.15, 0.2) is 0 Å². The second-order valence-corrected chi connectivity index (χ2v) is 5.10. The fraction of sp³-hybridized carbons (Fsp3) is 0.917. The molecule has 0 aromatic rings. The van der Waals surface area contributed by atoms with E-state index in [1.807, 2.05) is 0 Å². The van der Waals surface area contributed by atoms with Crippen LogP contribution in [0, 0.1) is 0 Å². The summed E-state index contributed by atoms with van der Waals surface area (Å²) in [5.74, 6) is -1.19. The predicted molar refractivity (Wildman–Crippen MR) is 69.8 cm³/mol. The normalized spacial score (nSPS) is 35.6. The molecule has 0 unspecified atom stereocenters. The molecule has 0 aromatic heterocycles. The predicted octanol–water partition coefficient (Wildman–Crippen LogP) is -5.55. The third kappa shape index (κ3) is 4.64. The van der Waals surface area contributed by atoms with Crippen molar-refractivity contribution in [2.75, 3.05) is 19.8 Å². The monoisotopic (exact) mass is 342 g/mol. The van der Waals surface area contributed by atoms with Crippen molar-refractivity contribution in [2.45, 2.75) is 49.0 Å². The minimum absolute atomic E-state index is 0.731. The first-order valence-corrected chi connectivity index (χ1v) is 6.86. The number of aliphatic hydroxyl groups is 8. The van der Waals surface area contributed by atoms with Crippen LogP contribution >= 0.6 is 0 Å². The largest absolute Gasteiger partial charge is 0.394 e. The maximum atomic E-state index is 11.8. The Hall–Kier alpha value is -0.730. The number of Topliss-reactive ketones (excluding diaryl/α,β-unsaturated/α-hetero) is 1. The lowest BCUT2D eigenvalue weighted by Gasteiger charge is -2.41. The summed E-state index contributed by atoms with van der Waals surface area (Å²) < 4.78 is 10.0. The molecular weight excluding hydrogens is 320 g/mol. The van der Waals surface area contributed by atoms with E-state index >= 15 is 0 Å². The zero-order chi connectivity index (χ0) is 17.7. The highest BCUT2D eigenvalue weighted by Gasteiger charge is 2.46. The standard InChI is InChI=1S/C12H22O11/c13-1-4(16)7(18)11(5(17)2-14)23-12-10(21)9(20)8(19)6(3-15)22-12/h4-6,8-17,19-21H,1-3H2/t4-,5+,6+,8-,9-,10+,11+,12-/m0/s1. The van der Waals surface area contributed by atoms with E-state index in [1.54, 1.807) is 0 Å². The highest BCUT2D eigenvalue weighted by Crippen LogP contribution is 2.24. The first-order chi connectivity index (χ1) is 10.8. The minimum Gasteiger partial charge on any atom is -0.394 e. The van der Waals surface area contributed by atoms with E-state index in [0.29, 0.717) is 0 Å². The van der Waals surface area contributed by atoms with Crippen LogP contribution < -0.4 is 0 Å². The van der Waals surface area contributed by atoms with Crippen LogP contribution in [0.5, 0.6) is 0 Å². The summed E-state index contributed by atoms with van der Waals surface area (Å²) >= 11 is 0. The molecule has 23 heavy (non-hydrogen) atoms. The van der Waals surface area contributed by atoms with Crippen LogP contribution in [-0.2, 0) is 14.3 Å². The highest BCUT2D eigenvalue weighted by molar-refractivity contribution is 5.87. The van der Waals surface area contributed by atoms with E-state index in [0.717, 1.165) is 0 Å². The van der Waals surface area contributed by atoms with Gasteiger partial charge in [0.25, 0.3) is 0 Å². The Morgan fingerprint density at radius 2 is 1.61 bits per heavy atom. The van der Waals surface area contributed by atoms with Crippen LogP contribution in [0.3, 0.4) is 0 Å². The Morgan fingerprint density at radius 1 is 1.00 bits per heavy atom. The molecule has 0 saturated carbocycles. The maximum absolute atomic E-state index is 11.8. The lowest BCUT2D eigenvalue weighted by molar-refractivity contribution is -0.314. The number of hydrogen-bond acceptors (Lipinski definition) is 11. The van der Waals surface area contributed by atoms with Gasteiger partial charge in [0.05, 0.1) is 19.8 Å². The molecule has 8 N–H and O–H groups in total. The first kappa shape index (κ1) is 20.3. The molecular formula is C12H22O11. The summed E-state index contributed by atoms with van der Waals surface area (Å²) in [4.78, 5) is 11.8. The van der Waals surface area contributed by atoms with E-state index in [4.69, 9.17) is 24.8 Å². The molecule has 8 atom stereocenters. The van der Waals surface area contributed by atoms with Crippen LogP contribution in [0.4, 0.5) is 0 Å². The quantitative estimate of drug-likeness (QED) is 0.209. The molecule has 11 heteroatoms. The molecule has 0 spiro atoms. The van der Waals surface area contributed by atoms with E-state index in [2.05, 4.69) is 0 Å². The average molecular weight is 342 g/mol. The summed E-state index contributed by atoms with van der Waals surface area (Å²) in [5.41, 5.74) is 0. The average Bonchev–Trinajstić information content (AvgIpc) is 2.57. The van der Waals surface area contributed by atoms with Crippen molar-refractivity contribution < 1.29 is 55.1 Å². The Morgan fingerprint density at radius 3 is 2.09 bits per heavy atom. The van der Waals surface area contributed by atoms with Crippen molar-refractivity contribution in [3.8, 4) is 0 Å². The van der Waals surface area contributed by atoms with Gasteiger partial charge in [-0.3, -0.25) is 4.79 Å². The fourth-order valence-corrected chi connectivity index (χ4v) is 2.05. The number of aliphatic hydroxyl groups excluding tert-OH is 8.